The summed E-state index contributed by atoms with van der Waals surface area (Å²) in [6.07, 6.45) is 4.37. The molecule has 0 bridgehead atoms. The number of pyridine rings is 2. The number of carbonyl (C=O) groups excluding carboxylic acids is 1. The number of nitrogens with zero attached hydrogens (tertiary/aromatic N) is 4. The maximum Gasteiger partial charge on any atom is 0.253 e. The van der Waals surface area contributed by atoms with E-state index in [0.29, 0.717) is 36.6 Å². The minimum Gasteiger partial charge on any atom is -0.384 e. The average Bonchev–Trinajstić information content (AvgIpc) is 3.10. The van der Waals surface area contributed by atoms with Gasteiger partial charge in [0.2, 0.25) is 9.84 Å². The topological polar surface area (TPSA) is 119 Å². The minimum absolute atomic E-state index is 0.0833. The summed E-state index contributed by atoms with van der Waals surface area (Å²) in [5.74, 6) is 0.819. The third-order valence-electron chi connectivity index (χ3n) is 6.99. The Morgan fingerprint density at radius 2 is 2.03 bits per heavy atom. The van der Waals surface area contributed by atoms with E-state index >= 15 is 0 Å². The van der Waals surface area contributed by atoms with Crippen molar-refractivity contribution in [2.24, 2.45) is 17.6 Å². The van der Waals surface area contributed by atoms with E-state index in [9.17, 15) is 13.2 Å². The molecule has 0 saturated carbocycles. The SMILES string of the molecule is COCC1CCCN(c2cccc(S(=O)(=O)c3ccnc(N4CC(C)CC4(C)C)c3C(N)=O)n2)C1. The van der Waals surface area contributed by atoms with Crippen molar-refractivity contribution >= 4 is 27.4 Å². The zero-order valence-electron chi connectivity index (χ0n) is 20.9. The molecular formula is C25H35N5O4S. The van der Waals surface area contributed by atoms with Gasteiger partial charge in [0.1, 0.15) is 17.2 Å². The van der Waals surface area contributed by atoms with E-state index in [1.165, 1.54) is 18.3 Å². The van der Waals surface area contributed by atoms with Crippen LogP contribution < -0.4 is 15.5 Å². The molecule has 2 N–H and O–H groups in total. The van der Waals surface area contributed by atoms with E-state index in [-0.39, 0.29) is 21.0 Å². The van der Waals surface area contributed by atoms with Gasteiger partial charge >= 0.3 is 0 Å². The minimum atomic E-state index is -4.13. The fraction of sp³-hybridized carbons (Fsp3) is 0.560. The number of aromatic nitrogens is 2. The van der Waals surface area contributed by atoms with Gasteiger partial charge in [0.05, 0.1) is 11.5 Å². The van der Waals surface area contributed by atoms with Crippen molar-refractivity contribution in [1.82, 2.24) is 9.97 Å². The number of piperidine rings is 1. The molecule has 2 saturated heterocycles. The predicted octanol–water partition coefficient (Wildman–Crippen LogP) is 2.90. The van der Waals surface area contributed by atoms with Crippen molar-refractivity contribution < 1.29 is 17.9 Å². The third-order valence-corrected chi connectivity index (χ3v) is 8.68. The van der Waals surface area contributed by atoms with E-state index in [1.807, 2.05) is 11.0 Å². The second kappa shape index (κ2) is 9.73. The molecule has 10 heteroatoms. The fourth-order valence-electron chi connectivity index (χ4n) is 5.54. The molecule has 2 aliphatic rings. The first-order valence-corrected chi connectivity index (χ1v) is 13.6. The van der Waals surface area contributed by atoms with Gasteiger partial charge in [-0.3, -0.25) is 4.79 Å². The van der Waals surface area contributed by atoms with E-state index in [0.717, 1.165) is 32.4 Å². The van der Waals surface area contributed by atoms with E-state index in [2.05, 4.69) is 35.6 Å². The van der Waals surface area contributed by atoms with Crippen LogP contribution in [0.1, 0.15) is 50.4 Å². The van der Waals surface area contributed by atoms with Crippen LogP contribution in [-0.2, 0) is 14.6 Å². The molecule has 0 spiro atoms. The summed E-state index contributed by atoms with van der Waals surface area (Å²) in [7, 11) is -2.44. The highest BCUT2D eigenvalue weighted by Gasteiger charge is 2.40. The highest BCUT2D eigenvalue weighted by Crippen LogP contribution is 2.39. The molecule has 1 amide bonds. The fourth-order valence-corrected chi connectivity index (χ4v) is 6.94. The lowest BCUT2D eigenvalue weighted by atomic mass is 9.97. The van der Waals surface area contributed by atoms with Crippen LogP contribution in [0.3, 0.4) is 0 Å². The summed E-state index contributed by atoms with van der Waals surface area (Å²) in [5.41, 5.74) is 5.39. The molecule has 0 aliphatic carbocycles. The van der Waals surface area contributed by atoms with Crippen LogP contribution in [0.2, 0.25) is 0 Å². The van der Waals surface area contributed by atoms with Gasteiger partial charge in [-0.15, -0.1) is 0 Å². The molecule has 2 aromatic heterocycles. The first-order valence-electron chi connectivity index (χ1n) is 12.1. The molecular weight excluding hydrogens is 466 g/mol. The van der Waals surface area contributed by atoms with Gasteiger partial charge < -0.3 is 20.3 Å². The molecule has 2 fully saturated rings. The van der Waals surface area contributed by atoms with Crippen molar-refractivity contribution in [3.05, 3.63) is 36.0 Å². The van der Waals surface area contributed by atoms with Crippen molar-refractivity contribution in [3.63, 3.8) is 0 Å². The van der Waals surface area contributed by atoms with Gasteiger partial charge in [-0.25, -0.2) is 18.4 Å². The molecule has 9 nitrogen and oxygen atoms in total. The predicted molar refractivity (Wildman–Crippen MR) is 134 cm³/mol. The van der Waals surface area contributed by atoms with Crippen molar-refractivity contribution in [1.29, 1.82) is 0 Å². The number of anilines is 2. The smallest absolute Gasteiger partial charge is 0.253 e. The summed E-state index contributed by atoms with van der Waals surface area (Å²) in [6.45, 7) is 9.11. The van der Waals surface area contributed by atoms with Gasteiger partial charge in [-0.2, -0.15) is 0 Å². The number of carbonyl (C=O) groups is 1. The second-order valence-corrected chi connectivity index (χ2v) is 12.2. The molecule has 0 radical (unpaired) electrons. The van der Waals surface area contributed by atoms with Crippen LogP contribution >= 0.6 is 0 Å². The lowest BCUT2D eigenvalue weighted by Crippen LogP contribution is -2.40. The van der Waals surface area contributed by atoms with E-state index < -0.39 is 15.7 Å². The summed E-state index contributed by atoms with van der Waals surface area (Å²) < 4.78 is 32.9. The largest absolute Gasteiger partial charge is 0.384 e. The third kappa shape index (κ3) is 4.99. The van der Waals surface area contributed by atoms with Crippen LogP contribution in [0.15, 0.2) is 40.4 Å². The summed E-state index contributed by atoms with van der Waals surface area (Å²) >= 11 is 0. The number of methoxy groups -OCH3 is 1. The molecule has 190 valence electrons. The number of rotatable bonds is 7. The first-order chi connectivity index (χ1) is 16.5. The van der Waals surface area contributed by atoms with Crippen molar-refractivity contribution in [2.45, 2.75) is 55.5 Å². The first kappa shape index (κ1) is 25.4. The van der Waals surface area contributed by atoms with Crippen LogP contribution in [-0.4, -0.2) is 63.2 Å². The standard InChI is InChI=1S/C25H35N5O4S/c1-17-13-25(2,3)30(14-17)24-22(23(26)31)19(10-11-27-24)35(32,33)21-9-5-8-20(28-21)29-12-6-7-18(15-29)16-34-4/h5,8-11,17-18H,6-7,12-16H2,1-4H3,(H2,26,31). The summed E-state index contributed by atoms with van der Waals surface area (Å²) in [6, 6.07) is 6.30. The second-order valence-electron chi connectivity index (χ2n) is 10.4. The molecule has 4 rings (SSSR count). The van der Waals surface area contributed by atoms with Gasteiger partial charge in [-0.1, -0.05) is 13.0 Å². The molecule has 2 aliphatic heterocycles. The molecule has 2 unspecified atom stereocenters. The Balaban J connectivity index is 1.74. The Hall–Kier alpha value is -2.72. The highest BCUT2D eigenvalue weighted by molar-refractivity contribution is 7.91. The number of ether oxygens (including phenoxy) is 1. The highest BCUT2D eigenvalue weighted by atomic mass is 32.2. The Bertz CT molecular complexity index is 1200. The lowest BCUT2D eigenvalue weighted by Gasteiger charge is -2.34. The zero-order chi connectivity index (χ0) is 25.4. The molecule has 2 aromatic rings. The van der Waals surface area contributed by atoms with Crippen LogP contribution in [0.4, 0.5) is 11.6 Å². The maximum atomic E-state index is 13.8. The number of primary amides is 1. The monoisotopic (exact) mass is 501 g/mol. The Labute approximate surface area is 207 Å². The Morgan fingerprint density at radius 1 is 1.26 bits per heavy atom. The van der Waals surface area contributed by atoms with E-state index in [4.69, 9.17) is 10.5 Å². The van der Waals surface area contributed by atoms with E-state index in [1.54, 1.807) is 13.2 Å². The van der Waals surface area contributed by atoms with Gasteiger partial charge in [-0.05, 0) is 63.1 Å². The van der Waals surface area contributed by atoms with Crippen LogP contribution in [0, 0.1) is 11.8 Å². The van der Waals surface area contributed by atoms with Gasteiger partial charge in [0.15, 0.2) is 5.03 Å². The molecule has 35 heavy (non-hydrogen) atoms. The zero-order valence-corrected chi connectivity index (χ0v) is 21.7. The van der Waals surface area contributed by atoms with Crippen LogP contribution in [0.5, 0.6) is 0 Å². The number of sulfone groups is 1. The van der Waals surface area contributed by atoms with Crippen LogP contribution in [0.25, 0.3) is 0 Å². The molecule has 4 heterocycles. The van der Waals surface area contributed by atoms with Gasteiger partial charge in [0, 0.05) is 38.5 Å². The van der Waals surface area contributed by atoms with Gasteiger partial charge in [0.25, 0.3) is 5.91 Å². The number of nitrogens with two attached hydrogens (primary N) is 1. The maximum absolute atomic E-state index is 13.8. The summed E-state index contributed by atoms with van der Waals surface area (Å²) in [5, 5.41) is -0.113. The number of hydrogen-bond donors (Lipinski definition) is 1. The Kier molecular flexibility index (Phi) is 7.06. The molecule has 0 aromatic carbocycles. The molecule has 2 atom stereocenters. The summed E-state index contributed by atoms with van der Waals surface area (Å²) in [4.78, 5) is 25.5. The number of hydrogen-bond acceptors (Lipinski definition) is 8. The lowest BCUT2D eigenvalue weighted by molar-refractivity contribution is 0.0997. The normalized spacial score (nSPS) is 22.4. The Morgan fingerprint density at radius 3 is 2.69 bits per heavy atom. The average molecular weight is 502 g/mol. The quantitative estimate of drug-likeness (QED) is 0.615. The number of amides is 1. The van der Waals surface area contributed by atoms with Crippen molar-refractivity contribution in [3.8, 4) is 0 Å². The van der Waals surface area contributed by atoms with Crippen molar-refractivity contribution in [2.75, 3.05) is 43.2 Å².